The Hall–Kier alpha value is -2.45. The second-order valence-corrected chi connectivity index (χ2v) is 7.91. The van der Waals surface area contributed by atoms with Gasteiger partial charge in [-0.2, -0.15) is 0 Å². The van der Waals surface area contributed by atoms with E-state index in [1.807, 2.05) is 13.8 Å². The lowest BCUT2D eigenvalue weighted by atomic mass is 10.1. The van der Waals surface area contributed by atoms with E-state index in [2.05, 4.69) is 26.1 Å². The monoisotopic (exact) mass is 466 g/mol. The number of hydrogen-bond acceptors (Lipinski definition) is 4. The molecule has 146 valence electrons. The van der Waals surface area contributed by atoms with Crippen molar-refractivity contribution < 1.29 is 13.9 Å². The first-order valence-electron chi connectivity index (χ1n) is 8.24. The average Bonchev–Trinajstić information content (AvgIpc) is 2.98. The Kier molecular flexibility index (Phi) is 5.45. The van der Waals surface area contributed by atoms with Crippen LogP contribution in [0.5, 0.6) is 5.75 Å². The number of primary amides is 1. The number of carbonyl (C=O) groups excluding carboxylic acids is 1. The first-order chi connectivity index (χ1) is 13.1. The van der Waals surface area contributed by atoms with Gasteiger partial charge < -0.3 is 15.0 Å². The van der Waals surface area contributed by atoms with E-state index >= 15 is 0 Å². The molecule has 1 heterocycles. The highest BCUT2D eigenvalue weighted by Gasteiger charge is 2.31. The number of nitrogens with two attached hydrogens (primary N) is 1. The van der Waals surface area contributed by atoms with Gasteiger partial charge >= 0.3 is 0 Å². The molecule has 0 radical (unpaired) electrons. The van der Waals surface area contributed by atoms with E-state index in [1.54, 1.807) is 35.9 Å². The molecule has 0 fully saturated rings. The van der Waals surface area contributed by atoms with Crippen molar-refractivity contribution in [2.45, 2.75) is 19.4 Å². The van der Waals surface area contributed by atoms with Gasteiger partial charge in [0.15, 0.2) is 17.2 Å². The molecule has 0 atom stereocenters. The van der Waals surface area contributed by atoms with Crippen LogP contribution < -0.4 is 10.5 Å². The van der Waals surface area contributed by atoms with Crippen LogP contribution in [0.3, 0.4) is 0 Å². The zero-order valence-corrected chi connectivity index (χ0v) is 17.7. The van der Waals surface area contributed by atoms with Crippen molar-refractivity contribution in [2.75, 3.05) is 0 Å². The normalized spacial score (nSPS) is 11.5. The van der Waals surface area contributed by atoms with Gasteiger partial charge in [0.05, 0.1) is 9.50 Å². The zero-order chi connectivity index (χ0) is 20.6. The number of aromatic nitrogens is 3. The molecular formula is C19H17BrClFN4O2. The Bertz CT molecular complexity index is 1070. The lowest BCUT2D eigenvalue weighted by molar-refractivity contribution is 0.0939. The minimum absolute atomic E-state index is 0.241. The van der Waals surface area contributed by atoms with Crippen LogP contribution in [0.4, 0.5) is 4.39 Å². The van der Waals surface area contributed by atoms with Crippen molar-refractivity contribution >= 4 is 33.4 Å². The highest BCUT2D eigenvalue weighted by Crippen LogP contribution is 2.34. The van der Waals surface area contributed by atoms with Crippen LogP contribution in [-0.4, -0.2) is 20.7 Å². The summed E-state index contributed by atoms with van der Waals surface area (Å²) in [5, 5.41) is 8.68. The molecule has 0 bridgehead atoms. The molecule has 0 saturated heterocycles. The van der Waals surface area contributed by atoms with E-state index in [1.165, 1.54) is 12.1 Å². The number of amides is 1. The van der Waals surface area contributed by atoms with Crippen molar-refractivity contribution in [3.05, 3.63) is 63.1 Å². The molecule has 3 rings (SSSR count). The highest BCUT2D eigenvalue weighted by molar-refractivity contribution is 9.10. The van der Waals surface area contributed by atoms with Gasteiger partial charge in [0.2, 0.25) is 5.91 Å². The van der Waals surface area contributed by atoms with Gasteiger partial charge in [-0.05, 0) is 66.2 Å². The fourth-order valence-corrected chi connectivity index (χ4v) is 3.53. The molecule has 0 aliphatic rings. The summed E-state index contributed by atoms with van der Waals surface area (Å²) in [6, 6.07) is 8.92. The summed E-state index contributed by atoms with van der Waals surface area (Å²) in [5.41, 5.74) is 5.35. The Labute approximate surface area is 174 Å². The SMILES string of the molecule is Cn1c(-c2ccc(F)cc2Cl)nnc1C(C)(C)Oc1ccc(C(N)=O)cc1Br. The van der Waals surface area contributed by atoms with Crippen LogP contribution >= 0.6 is 27.5 Å². The molecule has 3 aromatic rings. The van der Waals surface area contributed by atoms with Crippen LogP contribution in [0.15, 0.2) is 40.9 Å². The summed E-state index contributed by atoms with van der Waals surface area (Å²) in [4.78, 5) is 11.3. The van der Waals surface area contributed by atoms with Crippen LogP contribution in [0.25, 0.3) is 11.4 Å². The number of ether oxygens (including phenoxy) is 1. The van der Waals surface area contributed by atoms with E-state index < -0.39 is 17.3 Å². The molecule has 28 heavy (non-hydrogen) atoms. The van der Waals surface area contributed by atoms with Crippen molar-refractivity contribution in [1.29, 1.82) is 0 Å². The standard InChI is InChI=1S/C19H17BrClFN4O2/c1-19(2,28-15-7-4-10(16(23)27)8-13(15)20)18-25-24-17(26(18)3)12-6-5-11(22)9-14(12)21/h4-9H,1-3H3,(H2,23,27). The van der Waals surface area contributed by atoms with E-state index in [9.17, 15) is 9.18 Å². The summed E-state index contributed by atoms with van der Waals surface area (Å²) in [6.07, 6.45) is 0. The fraction of sp³-hybridized carbons (Fsp3) is 0.211. The first kappa shape index (κ1) is 20.3. The van der Waals surface area contributed by atoms with Gasteiger partial charge in [-0.1, -0.05) is 11.6 Å². The molecular weight excluding hydrogens is 451 g/mol. The fourth-order valence-electron chi connectivity index (χ4n) is 2.82. The number of hydrogen-bond donors (Lipinski definition) is 1. The topological polar surface area (TPSA) is 83.0 Å². The third kappa shape index (κ3) is 3.88. The predicted molar refractivity (Wildman–Crippen MR) is 108 cm³/mol. The minimum Gasteiger partial charge on any atom is -0.479 e. The van der Waals surface area contributed by atoms with E-state index in [0.717, 1.165) is 0 Å². The average molecular weight is 468 g/mol. The lowest BCUT2D eigenvalue weighted by Crippen LogP contribution is -2.29. The van der Waals surface area contributed by atoms with Gasteiger partial charge in [-0.15, -0.1) is 10.2 Å². The molecule has 2 N–H and O–H groups in total. The number of halogens is 3. The number of nitrogens with zero attached hydrogens (tertiary/aromatic N) is 3. The molecule has 2 aromatic carbocycles. The number of rotatable bonds is 5. The maximum atomic E-state index is 13.3. The lowest BCUT2D eigenvalue weighted by Gasteiger charge is -2.26. The molecule has 0 aliphatic heterocycles. The predicted octanol–water partition coefficient (Wildman–Crippen LogP) is 4.45. The van der Waals surface area contributed by atoms with Gasteiger partial charge in [0.1, 0.15) is 11.6 Å². The van der Waals surface area contributed by atoms with Crippen LogP contribution in [0.1, 0.15) is 30.0 Å². The Morgan fingerprint density at radius 1 is 1.25 bits per heavy atom. The van der Waals surface area contributed by atoms with Crippen molar-refractivity contribution in [3.8, 4) is 17.1 Å². The third-order valence-corrected chi connectivity index (χ3v) is 5.10. The first-order valence-corrected chi connectivity index (χ1v) is 9.41. The molecule has 6 nitrogen and oxygen atoms in total. The Morgan fingerprint density at radius 3 is 2.57 bits per heavy atom. The maximum absolute atomic E-state index is 13.3. The van der Waals surface area contributed by atoms with Gasteiger partial charge in [-0.25, -0.2) is 4.39 Å². The molecule has 1 aromatic heterocycles. The molecule has 0 unspecified atom stereocenters. The van der Waals surface area contributed by atoms with E-state index in [4.69, 9.17) is 22.1 Å². The summed E-state index contributed by atoms with van der Waals surface area (Å²) in [7, 11) is 1.78. The van der Waals surface area contributed by atoms with Crippen molar-refractivity contribution in [2.24, 2.45) is 12.8 Å². The molecule has 0 saturated carbocycles. The maximum Gasteiger partial charge on any atom is 0.248 e. The van der Waals surface area contributed by atoms with Crippen molar-refractivity contribution in [1.82, 2.24) is 14.8 Å². The zero-order valence-electron chi connectivity index (χ0n) is 15.3. The number of carbonyl (C=O) groups is 1. The molecule has 0 spiro atoms. The van der Waals surface area contributed by atoms with Crippen LogP contribution in [0.2, 0.25) is 5.02 Å². The summed E-state index contributed by atoms with van der Waals surface area (Å²) >= 11 is 9.54. The summed E-state index contributed by atoms with van der Waals surface area (Å²) in [5.74, 6) is 0.581. The number of benzene rings is 2. The van der Waals surface area contributed by atoms with E-state index in [0.29, 0.717) is 33.0 Å². The highest BCUT2D eigenvalue weighted by atomic mass is 79.9. The van der Waals surface area contributed by atoms with Gasteiger partial charge in [0.25, 0.3) is 0 Å². The summed E-state index contributed by atoms with van der Waals surface area (Å²) in [6.45, 7) is 3.67. The van der Waals surface area contributed by atoms with Crippen LogP contribution in [0, 0.1) is 5.82 Å². The summed E-state index contributed by atoms with van der Waals surface area (Å²) < 4.78 is 21.8. The smallest absolute Gasteiger partial charge is 0.248 e. The quantitative estimate of drug-likeness (QED) is 0.601. The molecule has 0 aliphatic carbocycles. The second kappa shape index (κ2) is 7.52. The third-order valence-electron chi connectivity index (χ3n) is 4.17. The van der Waals surface area contributed by atoms with Gasteiger partial charge in [-0.3, -0.25) is 4.79 Å². The second-order valence-electron chi connectivity index (χ2n) is 6.65. The van der Waals surface area contributed by atoms with Crippen molar-refractivity contribution in [3.63, 3.8) is 0 Å². The minimum atomic E-state index is -0.872. The Morgan fingerprint density at radius 2 is 1.96 bits per heavy atom. The van der Waals surface area contributed by atoms with Gasteiger partial charge in [0, 0.05) is 18.2 Å². The Balaban J connectivity index is 1.95. The largest absolute Gasteiger partial charge is 0.479 e. The molecule has 1 amide bonds. The van der Waals surface area contributed by atoms with Crippen LogP contribution in [-0.2, 0) is 12.6 Å². The van der Waals surface area contributed by atoms with E-state index in [-0.39, 0.29) is 5.02 Å². The molecule has 9 heteroatoms.